The molecule has 3 N–H and O–H groups in total. The summed E-state index contributed by atoms with van der Waals surface area (Å²) in [6.07, 6.45) is 4.11. The van der Waals surface area contributed by atoms with Crippen molar-refractivity contribution < 1.29 is 15.3 Å². The molecule has 4 aromatic carbocycles. The first-order valence-corrected chi connectivity index (χ1v) is 10.9. The molecule has 0 aliphatic rings. The Bertz CT molecular complexity index is 1130. The highest BCUT2D eigenvalue weighted by Gasteiger charge is 2.12. The number of rotatable bonds is 8. The molecule has 0 aliphatic carbocycles. The minimum absolute atomic E-state index is 0.00916. The first kappa shape index (κ1) is 22.5. The highest BCUT2D eigenvalue weighted by molar-refractivity contribution is 5.78. The highest BCUT2D eigenvalue weighted by atomic mass is 16.3. The van der Waals surface area contributed by atoms with Crippen molar-refractivity contribution in [1.29, 1.82) is 0 Å². The minimum Gasteiger partial charge on any atom is -0.392 e. The van der Waals surface area contributed by atoms with E-state index in [1.54, 1.807) is 0 Å². The Kier molecular flexibility index (Phi) is 7.33. The van der Waals surface area contributed by atoms with Gasteiger partial charge in [-0.3, -0.25) is 0 Å². The smallest absolute Gasteiger partial charge is 0.0681 e. The standard InChI is InChI=1S/C29H27NO3/c31-19-24-5-3-22(4-6-24)1-2-23-7-13-27(14-8-23)30(28-15-9-25(20-32)10-16-28)29-17-11-26(21-33)12-18-29/h1-18,31-33H,19-21H2. The van der Waals surface area contributed by atoms with Crippen LogP contribution in [0.4, 0.5) is 17.1 Å². The summed E-state index contributed by atoms with van der Waals surface area (Å²) in [5.74, 6) is 0. The summed E-state index contributed by atoms with van der Waals surface area (Å²) in [6.45, 7) is 0.0673. The van der Waals surface area contributed by atoms with Gasteiger partial charge in [0.25, 0.3) is 0 Å². The van der Waals surface area contributed by atoms with Gasteiger partial charge >= 0.3 is 0 Å². The average molecular weight is 438 g/mol. The van der Waals surface area contributed by atoms with E-state index >= 15 is 0 Å². The molecule has 4 heteroatoms. The lowest BCUT2D eigenvalue weighted by molar-refractivity contribution is 0.281. The molecule has 0 spiro atoms. The number of benzene rings is 4. The van der Waals surface area contributed by atoms with E-state index in [2.05, 4.69) is 41.3 Å². The summed E-state index contributed by atoms with van der Waals surface area (Å²) < 4.78 is 0. The molecular weight excluding hydrogens is 410 g/mol. The van der Waals surface area contributed by atoms with Crippen molar-refractivity contribution >= 4 is 29.2 Å². The third-order valence-electron chi connectivity index (χ3n) is 5.54. The third-order valence-corrected chi connectivity index (χ3v) is 5.54. The van der Waals surface area contributed by atoms with Crippen LogP contribution in [0.5, 0.6) is 0 Å². The fourth-order valence-electron chi connectivity index (χ4n) is 3.61. The van der Waals surface area contributed by atoms with E-state index in [0.717, 1.165) is 44.9 Å². The zero-order valence-electron chi connectivity index (χ0n) is 18.3. The zero-order valence-corrected chi connectivity index (χ0v) is 18.3. The quantitative estimate of drug-likeness (QED) is 0.305. The van der Waals surface area contributed by atoms with Crippen molar-refractivity contribution in [3.63, 3.8) is 0 Å². The molecule has 0 radical (unpaired) electrons. The monoisotopic (exact) mass is 437 g/mol. The Hall–Kier alpha value is -3.70. The van der Waals surface area contributed by atoms with E-state index in [0.29, 0.717) is 0 Å². The van der Waals surface area contributed by atoms with Gasteiger partial charge in [-0.1, -0.05) is 72.8 Å². The molecule has 0 amide bonds. The number of aliphatic hydroxyl groups is 3. The van der Waals surface area contributed by atoms with Gasteiger partial charge in [-0.25, -0.2) is 0 Å². The molecule has 0 saturated carbocycles. The SMILES string of the molecule is OCc1ccc(C=Cc2ccc(N(c3ccc(CO)cc3)c3ccc(CO)cc3)cc2)cc1. The van der Waals surface area contributed by atoms with Crippen LogP contribution >= 0.6 is 0 Å². The van der Waals surface area contributed by atoms with Gasteiger partial charge < -0.3 is 20.2 Å². The van der Waals surface area contributed by atoms with Crippen LogP contribution in [0.2, 0.25) is 0 Å². The normalized spacial score (nSPS) is 11.1. The van der Waals surface area contributed by atoms with Crippen LogP contribution in [0.1, 0.15) is 27.8 Å². The molecule has 0 fully saturated rings. The molecular formula is C29H27NO3. The Balaban J connectivity index is 1.62. The molecule has 0 heterocycles. The van der Waals surface area contributed by atoms with E-state index in [4.69, 9.17) is 0 Å². The molecule has 166 valence electrons. The molecule has 4 nitrogen and oxygen atoms in total. The molecule has 33 heavy (non-hydrogen) atoms. The van der Waals surface area contributed by atoms with Crippen LogP contribution in [-0.2, 0) is 19.8 Å². The zero-order chi connectivity index (χ0) is 23.0. The van der Waals surface area contributed by atoms with Gasteiger partial charge in [-0.2, -0.15) is 0 Å². The van der Waals surface area contributed by atoms with E-state index < -0.39 is 0 Å². The van der Waals surface area contributed by atoms with Crippen molar-refractivity contribution in [3.8, 4) is 0 Å². The first-order chi connectivity index (χ1) is 16.2. The molecule has 0 saturated heterocycles. The van der Waals surface area contributed by atoms with Crippen molar-refractivity contribution in [2.24, 2.45) is 0 Å². The Morgan fingerprint density at radius 1 is 0.424 bits per heavy atom. The van der Waals surface area contributed by atoms with Crippen molar-refractivity contribution in [2.75, 3.05) is 4.90 Å². The molecule has 0 aliphatic heterocycles. The maximum absolute atomic E-state index is 9.39. The number of nitrogens with zero attached hydrogens (tertiary/aromatic N) is 1. The molecule has 4 aromatic rings. The largest absolute Gasteiger partial charge is 0.392 e. The van der Waals surface area contributed by atoms with Gasteiger partial charge in [-0.05, 0) is 64.2 Å². The molecule has 0 aromatic heterocycles. The second-order valence-electron chi connectivity index (χ2n) is 7.81. The van der Waals surface area contributed by atoms with Crippen LogP contribution in [-0.4, -0.2) is 15.3 Å². The van der Waals surface area contributed by atoms with Gasteiger partial charge in [-0.15, -0.1) is 0 Å². The molecule has 0 bridgehead atoms. The van der Waals surface area contributed by atoms with Gasteiger partial charge in [0.2, 0.25) is 0 Å². The van der Waals surface area contributed by atoms with E-state index in [1.165, 1.54) is 0 Å². The van der Waals surface area contributed by atoms with Gasteiger partial charge in [0.1, 0.15) is 0 Å². The third kappa shape index (κ3) is 5.57. The van der Waals surface area contributed by atoms with Crippen LogP contribution < -0.4 is 4.90 Å². The van der Waals surface area contributed by atoms with Gasteiger partial charge in [0.15, 0.2) is 0 Å². The van der Waals surface area contributed by atoms with Crippen molar-refractivity contribution in [1.82, 2.24) is 0 Å². The summed E-state index contributed by atoms with van der Waals surface area (Å²) in [5, 5.41) is 28.0. The Morgan fingerprint density at radius 2 is 0.697 bits per heavy atom. The summed E-state index contributed by atoms with van der Waals surface area (Å²) >= 11 is 0. The second-order valence-corrected chi connectivity index (χ2v) is 7.81. The maximum atomic E-state index is 9.39. The topological polar surface area (TPSA) is 63.9 Å². The van der Waals surface area contributed by atoms with Gasteiger partial charge in [0, 0.05) is 17.1 Å². The number of anilines is 3. The van der Waals surface area contributed by atoms with Crippen molar-refractivity contribution in [3.05, 3.63) is 125 Å². The van der Waals surface area contributed by atoms with E-state index in [-0.39, 0.29) is 19.8 Å². The molecule has 4 rings (SSSR count). The predicted octanol–water partition coefficient (Wildman–Crippen LogP) is 5.80. The average Bonchev–Trinajstić information content (AvgIpc) is 2.89. The first-order valence-electron chi connectivity index (χ1n) is 10.9. The fourth-order valence-corrected chi connectivity index (χ4v) is 3.61. The lowest BCUT2D eigenvalue weighted by Gasteiger charge is -2.26. The van der Waals surface area contributed by atoms with Crippen LogP contribution in [0.15, 0.2) is 97.1 Å². The fraction of sp³-hybridized carbons (Fsp3) is 0.103. The van der Waals surface area contributed by atoms with Crippen LogP contribution in [0, 0.1) is 0 Å². The lowest BCUT2D eigenvalue weighted by Crippen LogP contribution is -2.10. The van der Waals surface area contributed by atoms with Crippen molar-refractivity contribution in [2.45, 2.75) is 19.8 Å². The van der Waals surface area contributed by atoms with Gasteiger partial charge in [0.05, 0.1) is 19.8 Å². The highest BCUT2D eigenvalue weighted by Crippen LogP contribution is 2.35. The summed E-state index contributed by atoms with van der Waals surface area (Å²) in [7, 11) is 0. The second kappa shape index (κ2) is 10.7. The maximum Gasteiger partial charge on any atom is 0.0681 e. The summed E-state index contributed by atoms with van der Waals surface area (Å²) in [6, 6.07) is 31.8. The number of aliphatic hydroxyl groups excluding tert-OH is 3. The lowest BCUT2D eigenvalue weighted by atomic mass is 10.1. The van der Waals surface area contributed by atoms with E-state index in [1.807, 2.05) is 72.8 Å². The van der Waals surface area contributed by atoms with Crippen LogP contribution in [0.25, 0.3) is 12.2 Å². The Morgan fingerprint density at radius 3 is 1.03 bits per heavy atom. The van der Waals surface area contributed by atoms with Crippen LogP contribution in [0.3, 0.4) is 0 Å². The molecule has 0 unspecified atom stereocenters. The summed E-state index contributed by atoms with van der Waals surface area (Å²) in [4.78, 5) is 2.14. The predicted molar refractivity (Wildman–Crippen MR) is 134 cm³/mol. The Labute approximate surface area is 194 Å². The molecule has 0 atom stereocenters. The van der Waals surface area contributed by atoms with E-state index in [9.17, 15) is 15.3 Å². The summed E-state index contributed by atoms with van der Waals surface area (Å²) in [5.41, 5.74) is 7.75. The number of hydrogen-bond acceptors (Lipinski definition) is 4. The minimum atomic E-state index is 0.00916. The number of hydrogen-bond donors (Lipinski definition) is 3.